The van der Waals surface area contributed by atoms with E-state index in [1.807, 2.05) is 6.07 Å². The third-order valence-corrected chi connectivity index (χ3v) is 5.83. The number of rotatable bonds is 10. The predicted molar refractivity (Wildman–Crippen MR) is 128 cm³/mol. The molecule has 1 aromatic heterocycles. The Labute approximate surface area is 189 Å². The highest BCUT2D eigenvalue weighted by molar-refractivity contribution is 6.04. The van der Waals surface area contributed by atoms with Crippen molar-refractivity contribution >= 4 is 5.84 Å². The van der Waals surface area contributed by atoms with Gasteiger partial charge in [0.15, 0.2) is 5.84 Å². The van der Waals surface area contributed by atoms with Crippen LogP contribution in [0.5, 0.6) is 0 Å². The molecule has 0 spiro atoms. The van der Waals surface area contributed by atoms with Crippen LogP contribution in [0, 0.1) is 0 Å². The maximum Gasteiger partial charge on any atom is 0.171 e. The van der Waals surface area contributed by atoms with Crippen LogP contribution in [-0.4, -0.2) is 22.7 Å². The molecule has 7 nitrogen and oxygen atoms in total. The molecule has 4 rings (SSSR count). The zero-order valence-corrected chi connectivity index (χ0v) is 19.1. The molecule has 0 bridgehead atoms. The maximum absolute atomic E-state index is 5.52. The molecule has 3 N–H and O–H groups in total. The Morgan fingerprint density at radius 3 is 2.44 bits per heavy atom. The summed E-state index contributed by atoms with van der Waals surface area (Å²) in [6.07, 6.45) is 4.19. The van der Waals surface area contributed by atoms with Gasteiger partial charge in [-0.1, -0.05) is 61.9 Å². The number of hydrazone groups is 1. The van der Waals surface area contributed by atoms with E-state index in [0.29, 0.717) is 6.61 Å². The number of nitrogens with zero attached hydrogens (tertiary/aromatic N) is 3. The first-order valence-electron chi connectivity index (χ1n) is 11.3. The van der Waals surface area contributed by atoms with Crippen molar-refractivity contribution in [3.05, 3.63) is 76.6 Å². The molecule has 168 valence electrons. The van der Waals surface area contributed by atoms with Crippen molar-refractivity contribution in [2.75, 3.05) is 7.11 Å². The molecule has 0 atom stereocenters. The lowest BCUT2D eigenvalue weighted by Crippen LogP contribution is -2.35. The van der Waals surface area contributed by atoms with E-state index >= 15 is 0 Å². The molecule has 2 aromatic carbocycles. The van der Waals surface area contributed by atoms with Gasteiger partial charge in [0.2, 0.25) is 0 Å². The van der Waals surface area contributed by atoms with Crippen LogP contribution in [0.25, 0.3) is 11.1 Å². The molecule has 32 heavy (non-hydrogen) atoms. The van der Waals surface area contributed by atoms with Crippen molar-refractivity contribution in [1.29, 1.82) is 0 Å². The highest BCUT2D eigenvalue weighted by Gasteiger charge is 2.18. The summed E-state index contributed by atoms with van der Waals surface area (Å²) in [6, 6.07) is 17.1. The van der Waals surface area contributed by atoms with Gasteiger partial charge in [0.05, 0.1) is 18.0 Å². The van der Waals surface area contributed by atoms with Gasteiger partial charge in [-0.2, -0.15) is 5.10 Å². The van der Waals surface area contributed by atoms with Gasteiger partial charge < -0.3 is 4.74 Å². The van der Waals surface area contributed by atoms with E-state index in [1.54, 1.807) is 7.11 Å². The molecule has 0 fully saturated rings. The second-order valence-electron chi connectivity index (χ2n) is 7.97. The molecule has 1 aliphatic rings. The van der Waals surface area contributed by atoms with E-state index in [9.17, 15) is 0 Å². The Bertz CT molecular complexity index is 1070. The molecule has 0 radical (unpaired) electrons. The first kappa shape index (κ1) is 22.0. The lowest BCUT2D eigenvalue weighted by molar-refractivity contribution is 0.176. The van der Waals surface area contributed by atoms with Gasteiger partial charge in [0, 0.05) is 31.2 Å². The second-order valence-corrected chi connectivity index (χ2v) is 7.97. The van der Waals surface area contributed by atoms with Crippen LogP contribution in [0.2, 0.25) is 0 Å². The molecule has 0 saturated heterocycles. The fourth-order valence-electron chi connectivity index (χ4n) is 4.17. The number of aromatic nitrogens is 2. The standard InChI is InChI=1S/C25H32N6O/c1-4-6-11-23-22(24(17-32-3)31(5-2)28-23)16-18-12-14-19(15-13-18)20-9-7-8-10-21(20)25-26-29-30-27-25/h7-10,12-15,29-30H,4-6,11,16-17H2,1-3H3,(H,26,27). The summed E-state index contributed by atoms with van der Waals surface area (Å²) in [4.78, 5) is 0. The summed E-state index contributed by atoms with van der Waals surface area (Å²) >= 11 is 0. The van der Waals surface area contributed by atoms with Gasteiger partial charge >= 0.3 is 0 Å². The number of unbranched alkanes of at least 4 members (excludes halogenated alkanes) is 1. The molecule has 3 aromatic rings. The monoisotopic (exact) mass is 432 g/mol. The average Bonchev–Trinajstić information content (AvgIpc) is 3.48. The predicted octanol–water partition coefficient (Wildman–Crippen LogP) is 3.92. The Hall–Kier alpha value is -3.16. The van der Waals surface area contributed by atoms with Crippen LogP contribution in [0.15, 0.2) is 53.6 Å². The third kappa shape index (κ3) is 4.69. The maximum atomic E-state index is 5.52. The van der Waals surface area contributed by atoms with Crippen LogP contribution in [0.1, 0.15) is 54.8 Å². The minimum Gasteiger partial charge on any atom is -0.378 e. The number of hydrogen-bond acceptors (Lipinski definition) is 6. The second kappa shape index (κ2) is 10.4. The van der Waals surface area contributed by atoms with E-state index in [4.69, 9.17) is 9.84 Å². The highest BCUT2D eigenvalue weighted by Crippen LogP contribution is 2.27. The molecule has 2 heterocycles. The summed E-state index contributed by atoms with van der Waals surface area (Å²) in [6.45, 7) is 5.81. The Kier molecular flexibility index (Phi) is 7.19. The van der Waals surface area contributed by atoms with E-state index in [0.717, 1.165) is 54.8 Å². The molecule has 0 saturated carbocycles. The summed E-state index contributed by atoms with van der Waals surface area (Å²) < 4.78 is 7.62. The number of nitrogens with one attached hydrogen (secondary N) is 3. The lowest BCUT2D eigenvalue weighted by Gasteiger charge is -2.11. The Morgan fingerprint density at radius 2 is 1.78 bits per heavy atom. The van der Waals surface area contributed by atoms with Crippen LogP contribution >= 0.6 is 0 Å². The van der Waals surface area contributed by atoms with Crippen molar-refractivity contribution in [2.45, 2.75) is 52.7 Å². The van der Waals surface area contributed by atoms with Gasteiger partial charge in [-0.25, -0.2) is 5.53 Å². The van der Waals surface area contributed by atoms with E-state index in [-0.39, 0.29) is 0 Å². The smallest absolute Gasteiger partial charge is 0.171 e. The number of methoxy groups -OCH3 is 1. The number of hydrazine groups is 2. The lowest BCUT2D eigenvalue weighted by atomic mass is 9.95. The summed E-state index contributed by atoms with van der Waals surface area (Å²) in [5, 5.41) is 9.17. The van der Waals surface area contributed by atoms with Crippen molar-refractivity contribution in [3.8, 4) is 11.1 Å². The number of ether oxygens (including phenoxy) is 1. The third-order valence-electron chi connectivity index (χ3n) is 5.83. The number of aryl methyl sites for hydroxylation is 2. The molecular weight excluding hydrogens is 400 g/mol. The van der Waals surface area contributed by atoms with Crippen LogP contribution in [0.4, 0.5) is 0 Å². The molecule has 7 heteroatoms. The minimum absolute atomic E-state index is 0.588. The molecule has 0 aliphatic carbocycles. The van der Waals surface area contributed by atoms with Crippen molar-refractivity contribution in [3.63, 3.8) is 0 Å². The van der Waals surface area contributed by atoms with E-state index < -0.39 is 0 Å². The fourth-order valence-corrected chi connectivity index (χ4v) is 4.17. The fraction of sp³-hybridized carbons (Fsp3) is 0.360. The Balaban J connectivity index is 1.62. The number of hydrogen-bond donors (Lipinski definition) is 3. The highest BCUT2D eigenvalue weighted by atomic mass is 16.5. The van der Waals surface area contributed by atoms with Gasteiger partial charge in [-0.3, -0.25) is 10.1 Å². The first-order chi connectivity index (χ1) is 15.7. The first-order valence-corrected chi connectivity index (χ1v) is 11.3. The molecule has 0 amide bonds. The van der Waals surface area contributed by atoms with Gasteiger partial charge in [0.25, 0.3) is 0 Å². The minimum atomic E-state index is 0.588. The van der Waals surface area contributed by atoms with Crippen molar-refractivity contribution < 1.29 is 4.74 Å². The van der Waals surface area contributed by atoms with Gasteiger partial charge in [-0.05, 0) is 36.5 Å². The quantitative estimate of drug-likeness (QED) is 0.453. The summed E-state index contributed by atoms with van der Waals surface area (Å²) in [7, 11) is 1.75. The molecule has 0 unspecified atom stereocenters. The van der Waals surface area contributed by atoms with Crippen LogP contribution in [0.3, 0.4) is 0 Å². The normalized spacial score (nSPS) is 13.0. The number of amidine groups is 1. The molecule has 1 aliphatic heterocycles. The summed E-state index contributed by atoms with van der Waals surface area (Å²) in [5.74, 6) is 0.779. The van der Waals surface area contributed by atoms with Crippen LogP contribution in [-0.2, 0) is 30.7 Å². The largest absolute Gasteiger partial charge is 0.378 e. The number of benzene rings is 2. The van der Waals surface area contributed by atoms with Crippen LogP contribution < -0.4 is 16.5 Å². The average molecular weight is 433 g/mol. The SMILES string of the molecule is CCCCc1nn(CC)c(COC)c1Cc1ccc(-c2ccccc2C2=NNNN2)cc1. The van der Waals surface area contributed by atoms with E-state index in [2.05, 4.69) is 82.6 Å². The Morgan fingerprint density at radius 1 is 1.00 bits per heavy atom. The topological polar surface area (TPSA) is 75.5 Å². The van der Waals surface area contributed by atoms with Crippen molar-refractivity contribution in [2.24, 2.45) is 5.10 Å². The summed E-state index contributed by atoms with van der Waals surface area (Å²) in [5.41, 5.74) is 16.9. The van der Waals surface area contributed by atoms with Crippen molar-refractivity contribution in [1.82, 2.24) is 26.3 Å². The van der Waals surface area contributed by atoms with E-state index in [1.165, 1.54) is 22.5 Å². The zero-order chi connectivity index (χ0) is 22.3. The zero-order valence-electron chi connectivity index (χ0n) is 19.1. The molecular formula is C25H32N6O. The van der Waals surface area contributed by atoms with Gasteiger partial charge in [-0.15, -0.1) is 10.6 Å². The van der Waals surface area contributed by atoms with Gasteiger partial charge in [0.1, 0.15) is 0 Å².